The molecule has 5 nitrogen and oxygen atoms in total. The normalized spacial score (nSPS) is 28.3. The van der Waals surface area contributed by atoms with Crippen molar-refractivity contribution in [1.29, 1.82) is 0 Å². The summed E-state index contributed by atoms with van der Waals surface area (Å²) in [5.74, 6) is 0.156. The Morgan fingerprint density at radius 3 is 2.70 bits per heavy atom. The van der Waals surface area contributed by atoms with Gasteiger partial charge in [-0.05, 0) is 49.9 Å². The molecule has 0 saturated carbocycles. The van der Waals surface area contributed by atoms with E-state index >= 15 is 0 Å². The van der Waals surface area contributed by atoms with Crippen LogP contribution >= 0.6 is 0 Å². The minimum Gasteiger partial charge on any atom is -0.380 e. The molecule has 0 spiro atoms. The van der Waals surface area contributed by atoms with Gasteiger partial charge in [0, 0.05) is 50.0 Å². The Bertz CT molecular complexity index is 709. The third-order valence-electron chi connectivity index (χ3n) is 6.43. The minimum absolute atomic E-state index is 0.0283. The van der Waals surface area contributed by atoms with Crippen LogP contribution in [0, 0.1) is 5.41 Å². The van der Waals surface area contributed by atoms with Crippen LogP contribution in [0.4, 0.5) is 5.69 Å². The first kappa shape index (κ1) is 18.5. The molecule has 3 aliphatic rings. The minimum atomic E-state index is -0.0283. The molecule has 0 bridgehead atoms. The highest BCUT2D eigenvalue weighted by molar-refractivity contribution is 5.95. The van der Waals surface area contributed by atoms with Crippen molar-refractivity contribution >= 4 is 11.6 Å². The topological polar surface area (TPSA) is 42.0 Å². The number of piperidine rings is 1. The monoisotopic (exact) mass is 370 g/mol. The molecule has 1 aromatic rings. The van der Waals surface area contributed by atoms with Crippen molar-refractivity contribution in [3.05, 3.63) is 41.5 Å². The van der Waals surface area contributed by atoms with Gasteiger partial charge in [-0.2, -0.15) is 0 Å². The first-order chi connectivity index (χ1) is 13.1. The number of ether oxygens (including phenoxy) is 2. The van der Waals surface area contributed by atoms with Crippen molar-refractivity contribution in [3.8, 4) is 0 Å². The average molecular weight is 370 g/mol. The van der Waals surface area contributed by atoms with Gasteiger partial charge in [-0.25, -0.2) is 0 Å². The molecule has 2 saturated heterocycles. The van der Waals surface area contributed by atoms with Gasteiger partial charge in [0.05, 0.1) is 19.8 Å². The highest BCUT2D eigenvalue weighted by Crippen LogP contribution is 2.48. The summed E-state index contributed by atoms with van der Waals surface area (Å²) >= 11 is 0. The van der Waals surface area contributed by atoms with Crippen LogP contribution < -0.4 is 4.90 Å². The zero-order valence-electron chi connectivity index (χ0n) is 16.4. The predicted octanol–water partition coefficient (Wildman–Crippen LogP) is 3.11. The lowest BCUT2D eigenvalue weighted by Gasteiger charge is -2.54. The molecule has 1 aromatic carbocycles. The SMILES string of the molecule is CN(C)c1ccc(C(=O)N2CCC[C@]3(C4=CCOCC4)COCC[C@@H]23)cc1. The van der Waals surface area contributed by atoms with Crippen LogP contribution in [0.15, 0.2) is 35.9 Å². The van der Waals surface area contributed by atoms with Gasteiger partial charge in [0.25, 0.3) is 5.91 Å². The Morgan fingerprint density at radius 2 is 2.00 bits per heavy atom. The molecule has 146 valence electrons. The van der Waals surface area contributed by atoms with E-state index in [-0.39, 0.29) is 17.4 Å². The van der Waals surface area contributed by atoms with Crippen LogP contribution in [-0.2, 0) is 9.47 Å². The van der Waals surface area contributed by atoms with E-state index in [1.807, 2.05) is 38.4 Å². The van der Waals surface area contributed by atoms with Crippen molar-refractivity contribution in [2.75, 3.05) is 52.0 Å². The van der Waals surface area contributed by atoms with E-state index in [0.29, 0.717) is 6.61 Å². The first-order valence-electron chi connectivity index (χ1n) is 10.1. The molecule has 3 heterocycles. The number of likely N-dealkylation sites (tertiary alicyclic amines) is 1. The van der Waals surface area contributed by atoms with Gasteiger partial charge in [0.15, 0.2) is 0 Å². The fourth-order valence-electron chi connectivity index (χ4n) is 4.99. The largest absolute Gasteiger partial charge is 0.380 e. The smallest absolute Gasteiger partial charge is 0.254 e. The van der Waals surface area contributed by atoms with Crippen LogP contribution in [0.2, 0.25) is 0 Å². The van der Waals surface area contributed by atoms with Crippen LogP contribution in [-0.4, -0.2) is 63.9 Å². The van der Waals surface area contributed by atoms with Crippen LogP contribution in [0.5, 0.6) is 0 Å². The lowest BCUT2D eigenvalue weighted by Crippen LogP contribution is -2.59. The fourth-order valence-corrected chi connectivity index (χ4v) is 4.99. The van der Waals surface area contributed by atoms with Gasteiger partial charge in [-0.1, -0.05) is 11.6 Å². The lowest BCUT2D eigenvalue weighted by atomic mass is 9.65. The van der Waals surface area contributed by atoms with Crippen molar-refractivity contribution in [2.24, 2.45) is 5.41 Å². The number of hydrogen-bond acceptors (Lipinski definition) is 4. The lowest BCUT2D eigenvalue weighted by molar-refractivity contribution is -0.0739. The number of anilines is 1. The maximum Gasteiger partial charge on any atom is 0.254 e. The van der Waals surface area contributed by atoms with Gasteiger partial charge in [0.1, 0.15) is 0 Å². The van der Waals surface area contributed by atoms with Crippen LogP contribution in [0.1, 0.15) is 36.0 Å². The van der Waals surface area contributed by atoms with Gasteiger partial charge in [-0.3, -0.25) is 4.79 Å². The molecule has 0 radical (unpaired) electrons. The number of carbonyl (C=O) groups is 1. The Labute approximate surface area is 161 Å². The third kappa shape index (κ3) is 3.39. The number of fused-ring (bicyclic) bond motifs is 1. The summed E-state index contributed by atoms with van der Waals surface area (Å²) in [5, 5.41) is 0. The second-order valence-corrected chi connectivity index (χ2v) is 8.11. The van der Waals surface area contributed by atoms with Gasteiger partial charge in [-0.15, -0.1) is 0 Å². The van der Waals surface area contributed by atoms with Gasteiger partial charge in [0.2, 0.25) is 0 Å². The van der Waals surface area contributed by atoms with Crippen molar-refractivity contribution in [1.82, 2.24) is 4.90 Å². The maximum atomic E-state index is 13.4. The molecule has 0 unspecified atom stereocenters. The molecule has 0 aliphatic carbocycles. The molecule has 0 N–H and O–H groups in total. The number of benzene rings is 1. The van der Waals surface area contributed by atoms with E-state index in [2.05, 4.69) is 15.9 Å². The predicted molar refractivity (Wildman–Crippen MR) is 106 cm³/mol. The van der Waals surface area contributed by atoms with Crippen molar-refractivity contribution in [2.45, 2.75) is 31.7 Å². The molecule has 2 fully saturated rings. The highest BCUT2D eigenvalue weighted by Gasteiger charge is 2.50. The summed E-state index contributed by atoms with van der Waals surface area (Å²) in [6.45, 7) is 3.76. The summed E-state index contributed by atoms with van der Waals surface area (Å²) in [6, 6.07) is 8.19. The molecule has 3 aliphatic heterocycles. The molecule has 4 rings (SSSR count). The van der Waals surface area contributed by atoms with Crippen LogP contribution in [0.25, 0.3) is 0 Å². The first-order valence-corrected chi connectivity index (χ1v) is 10.1. The van der Waals surface area contributed by atoms with E-state index < -0.39 is 0 Å². The molecule has 2 atom stereocenters. The molecule has 1 amide bonds. The molecule has 27 heavy (non-hydrogen) atoms. The van der Waals surface area contributed by atoms with E-state index in [4.69, 9.17) is 9.47 Å². The molecular weight excluding hydrogens is 340 g/mol. The second kappa shape index (κ2) is 7.64. The number of rotatable bonds is 3. The Balaban J connectivity index is 1.62. The zero-order valence-corrected chi connectivity index (χ0v) is 16.4. The summed E-state index contributed by atoms with van der Waals surface area (Å²) in [4.78, 5) is 17.6. The Hall–Kier alpha value is -1.85. The quantitative estimate of drug-likeness (QED) is 0.767. The maximum absolute atomic E-state index is 13.4. The van der Waals surface area contributed by atoms with E-state index in [1.165, 1.54) is 5.57 Å². The zero-order chi connectivity index (χ0) is 18.9. The number of amides is 1. The van der Waals surface area contributed by atoms with Crippen molar-refractivity contribution < 1.29 is 14.3 Å². The fraction of sp³-hybridized carbons (Fsp3) is 0.591. The van der Waals surface area contributed by atoms with E-state index in [9.17, 15) is 4.79 Å². The van der Waals surface area contributed by atoms with E-state index in [0.717, 1.165) is 63.3 Å². The van der Waals surface area contributed by atoms with Crippen LogP contribution in [0.3, 0.4) is 0 Å². The van der Waals surface area contributed by atoms with Crippen molar-refractivity contribution in [3.63, 3.8) is 0 Å². The summed E-state index contributed by atoms with van der Waals surface area (Å²) in [7, 11) is 4.03. The third-order valence-corrected chi connectivity index (χ3v) is 6.43. The van der Waals surface area contributed by atoms with E-state index in [1.54, 1.807) is 0 Å². The summed E-state index contributed by atoms with van der Waals surface area (Å²) in [6.07, 6.45) is 6.25. The standard InChI is InChI=1S/C22H30N2O3/c1-23(2)19-6-4-17(5-7-19)21(25)24-12-3-11-22(16-27-15-10-20(22)24)18-8-13-26-14-9-18/h4-8,20H,3,9-16H2,1-2H3/t20-,22-/m1/s1. The summed E-state index contributed by atoms with van der Waals surface area (Å²) < 4.78 is 11.5. The highest BCUT2D eigenvalue weighted by atomic mass is 16.5. The Morgan fingerprint density at radius 1 is 1.19 bits per heavy atom. The molecule has 5 heteroatoms. The second-order valence-electron chi connectivity index (χ2n) is 8.11. The Kier molecular flexibility index (Phi) is 5.24. The van der Waals surface area contributed by atoms with Gasteiger partial charge >= 0.3 is 0 Å². The molecular formula is C22H30N2O3. The number of carbonyl (C=O) groups excluding carboxylic acids is 1. The van der Waals surface area contributed by atoms with Gasteiger partial charge < -0.3 is 19.3 Å². The number of hydrogen-bond donors (Lipinski definition) is 0. The average Bonchev–Trinajstić information content (AvgIpc) is 2.73. The number of nitrogens with zero attached hydrogens (tertiary/aromatic N) is 2. The summed E-state index contributed by atoms with van der Waals surface area (Å²) in [5.41, 5.74) is 3.31. The molecule has 0 aromatic heterocycles.